The summed E-state index contributed by atoms with van der Waals surface area (Å²) in [6.07, 6.45) is 3.18. The number of nitrogens with two attached hydrogens (primary N) is 2. The summed E-state index contributed by atoms with van der Waals surface area (Å²) in [4.78, 5) is 17.7. The monoisotopic (exact) mass is 338 g/mol. The van der Waals surface area contributed by atoms with Gasteiger partial charge in [-0.05, 0) is 12.8 Å². The molecule has 5 N–H and O–H groups in total. The molecule has 11 heteroatoms. The minimum absolute atomic E-state index is 0.0204. The van der Waals surface area contributed by atoms with Crippen molar-refractivity contribution in [3.8, 4) is 0 Å². The molecular weight excluding hydrogens is 320 g/mol. The maximum Gasteiger partial charge on any atom is 0.276 e. The van der Waals surface area contributed by atoms with Crippen LogP contribution in [-0.2, 0) is 10.2 Å². The van der Waals surface area contributed by atoms with Crippen molar-refractivity contribution >= 4 is 33.1 Å². The number of aromatic nitrogens is 4. The van der Waals surface area contributed by atoms with E-state index in [0.717, 1.165) is 31.7 Å². The molecular formula is C12H18N8O2S. The van der Waals surface area contributed by atoms with Crippen molar-refractivity contribution in [2.24, 2.45) is 10.6 Å². The van der Waals surface area contributed by atoms with Crippen molar-refractivity contribution in [3.05, 3.63) is 6.33 Å². The Morgan fingerprint density at radius 2 is 2.09 bits per heavy atom. The summed E-state index contributed by atoms with van der Waals surface area (Å²) < 4.78 is 24.0. The molecule has 1 spiro atoms. The van der Waals surface area contributed by atoms with Crippen LogP contribution in [0.1, 0.15) is 12.8 Å². The van der Waals surface area contributed by atoms with Gasteiger partial charge in [-0.15, -0.1) is 0 Å². The molecule has 23 heavy (non-hydrogen) atoms. The Hall–Kier alpha value is -1.98. The average Bonchev–Trinajstić information content (AvgIpc) is 2.81. The lowest BCUT2D eigenvalue weighted by atomic mass is 9.60. The van der Waals surface area contributed by atoms with Gasteiger partial charge >= 0.3 is 0 Å². The van der Waals surface area contributed by atoms with E-state index in [1.54, 1.807) is 6.33 Å². The molecule has 10 nitrogen and oxygen atoms in total. The van der Waals surface area contributed by atoms with Crippen LogP contribution in [-0.4, -0.2) is 58.8 Å². The lowest BCUT2D eigenvalue weighted by molar-refractivity contribution is 0.0207. The molecule has 0 unspecified atom stereocenters. The number of hydrogen-bond donors (Lipinski definition) is 3. The summed E-state index contributed by atoms with van der Waals surface area (Å²) in [5, 5.41) is 5.17. The molecule has 0 amide bonds. The van der Waals surface area contributed by atoms with Crippen LogP contribution in [0.2, 0.25) is 0 Å². The maximum absolute atomic E-state index is 11.4. The zero-order valence-corrected chi connectivity index (χ0v) is 13.4. The van der Waals surface area contributed by atoms with Crippen LogP contribution in [0.15, 0.2) is 6.33 Å². The van der Waals surface area contributed by atoms with Gasteiger partial charge in [-0.25, -0.2) is 10.1 Å². The van der Waals surface area contributed by atoms with Gasteiger partial charge in [0.2, 0.25) is 5.95 Å². The van der Waals surface area contributed by atoms with Crippen LogP contribution < -0.4 is 15.8 Å². The van der Waals surface area contributed by atoms with Gasteiger partial charge in [0.25, 0.3) is 10.2 Å². The third kappa shape index (κ3) is 2.23. The second kappa shape index (κ2) is 4.52. The first-order valence-corrected chi connectivity index (χ1v) is 8.75. The van der Waals surface area contributed by atoms with Crippen molar-refractivity contribution in [1.29, 1.82) is 0 Å². The number of imidazole rings is 1. The normalized spacial score (nSPS) is 20.9. The molecule has 2 fully saturated rings. The fraction of sp³-hybridized carbons (Fsp3) is 0.583. The Bertz CT molecular complexity index is 864. The van der Waals surface area contributed by atoms with Crippen LogP contribution in [0.25, 0.3) is 11.2 Å². The standard InChI is InChI=1S/C12H18N8O2S/c1-19(23(14,21)22)7-2-12(3-7)4-20(5-12)10-8-9(16-6-15-8)17-11(13)18-10/h6-7H,2-5H2,1H3,(H2,14,21,22)(H3,13,15,16,17,18). The molecule has 1 aliphatic carbocycles. The average molecular weight is 338 g/mol. The highest BCUT2D eigenvalue weighted by molar-refractivity contribution is 7.86. The molecule has 2 aromatic rings. The number of rotatable bonds is 3. The van der Waals surface area contributed by atoms with E-state index in [2.05, 4.69) is 24.8 Å². The molecule has 2 aromatic heterocycles. The van der Waals surface area contributed by atoms with Crippen LogP contribution in [0.3, 0.4) is 0 Å². The number of anilines is 2. The van der Waals surface area contributed by atoms with Gasteiger partial charge in [-0.3, -0.25) is 0 Å². The Labute approximate surface area is 133 Å². The lowest BCUT2D eigenvalue weighted by Gasteiger charge is -2.60. The molecule has 124 valence electrons. The van der Waals surface area contributed by atoms with Gasteiger partial charge in [-0.1, -0.05) is 0 Å². The molecule has 0 atom stereocenters. The molecule has 0 radical (unpaired) electrons. The van der Waals surface area contributed by atoms with Crippen molar-refractivity contribution < 1.29 is 8.42 Å². The summed E-state index contributed by atoms with van der Waals surface area (Å²) in [5.74, 6) is 0.931. The van der Waals surface area contributed by atoms with Gasteiger partial charge in [0.05, 0.1) is 6.33 Å². The topological polar surface area (TPSA) is 147 Å². The van der Waals surface area contributed by atoms with E-state index in [9.17, 15) is 8.42 Å². The molecule has 4 rings (SSSR count). The SMILES string of the molecule is CN(C1CC2(C1)CN(c1nc(N)nc3[nH]cnc13)C2)S(N)(=O)=O. The zero-order chi connectivity index (χ0) is 16.4. The van der Waals surface area contributed by atoms with Gasteiger partial charge in [-0.2, -0.15) is 22.7 Å². The van der Waals surface area contributed by atoms with Crippen molar-refractivity contribution in [3.63, 3.8) is 0 Å². The van der Waals surface area contributed by atoms with E-state index < -0.39 is 10.2 Å². The van der Waals surface area contributed by atoms with Crippen LogP contribution in [0.5, 0.6) is 0 Å². The Balaban J connectivity index is 1.47. The number of hydrogen-bond acceptors (Lipinski definition) is 7. The largest absolute Gasteiger partial charge is 0.368 e. The number of H-pyrrole nitrogens is 1. The highest BCUT2D eigenvalue weighted by Crippen LogP contribution is 2.51. The van der Waals surface area contributed by atoms with Crippen LogP contribution >= 0.6 is 0 Å². The van der Waals surface area contributed by atoms with Crippen LogP contribution in [0, 0.1) is 5.41 Å². The third-order valence-electron chi connectivity index (χ3n) is 4.88. The third-order valence-corrected chi connectivity index (χ3v) is 5.98. The van der Waals surface area contributed by atoms with E-state index in [1.165, 1.54) is 11.4 Å². The van der Waals surface area contributed by atoms with Gasteiger partial charge in [0, 0.05) is 31.6 Å². The first kappa shape index (κ1) is 14.6. The smallest absolute Gasteiger partial charge is 0.276 e. The number of nitrogens with one attached hydrogen (secondary N) is 1. The predicted molar refractivity (Wildman–Crippen MR) is 84.6 cm³/mol. The van der Waals surface area contributed by atoms with Crippen LogP contribution in [0.4, 0.5) is 11.8 Å². The maximum atomic E-state index is 11.4. The summed E-state index contributed by atoms with van der Waals surface area (Å²) in [5.41, 5.74) is 7.19. The number of nitrogens with zero attached hydrogens (tertiary/aromatic N) is 5. The second-order valence-corrected chi connectivity index (χ2v) is 8.09. The number of aromatic amines is 1. The molecule has 3 heterocycles. The molecule has 0 bridgehead atoms. The van der Waals surface area contributed by atoms with E-state index in [1.807, 2.05) is 0 Å². The minimum atomic E-state index is -3.62. The highest BCUT2D eigenvalue weighted by atomic mass is 32.2. The fourth-order valence-corrected chi connectivity index (χ4v) is 4.20. The van der Waals surface area contributed by atoms with E-state index in [0.29, 0.717) is 11.2 Å². The first-order valence-electron chi connectivity index (χ1n) is 7.25. The number of nitrogen functional groups attached to an aromatic ring is 1. The van der Waals surface area contributed by atoms with E-state index in [4.69, 9.17) is 10.9 Å². The second-order valence-electron chi connectivity index (χ2n) is 6.48. The van der Waals surface area contributed by atoms with E-state index >= 15 is 0 Å². The van der Waals surface area contributed by atoms with Crippen molar-refractivity contribution in [2.45, 2.75) is 18.9 Å². The van der Waals surface area contributed by atoms with Gasteiger partial charge in [0.1, 0.15) is 0 Å². The summed E-state index contributed by atoms with van der Waals surface area (Å²) >= 11 is 0. The quantitative estimate of drug-likeness (QED) is 0.653. The van der Waals surface area contributed by atoms with Gasteiger partial charge < -0.3 is 15.6 Å². The predicted octanol–water partition coefficient (Wildman–Crippen LogP) is -0.961. The fourth-order valence-electron chi connectivity index (χ4n) is 3.63. The summed E-state index contributed by atoms with van der Waals surface area (Å²) in [6, 6.07) is -0.0204. The lowest BCUT2D eigenvalue weighted by Crippen LogP contribution is -2.67. The summed E-state index contributed by atoms with van der Waals surface area (Å²) in [7, 11) is -2.09. The summed E-state index contributed by atoms with van der Waals surface area (Å²) in [6.45, 7) is 1.61. The highest BCUT2D eigenvalue weighted by Gasteiger charge is 2.55. The molecule has 2 aliphatic rings. The number of fused-ring (bicyclic) bond motifs is 1. The molecule has 1 aliphatic heterocycles. The van der Waals surface area contributed by atoms with Crippen molar-refractivity contribution in [2.75, 3.05) is 30.8 Å². The molecule has 1 saturated heterocycles. The Kier molecular flexibility index (Phi) is 2.87. The minimum Gasteiger partial charge on any atom is -0.368 e. The van der Waals surface area contributed by atoms with Crippen molar-refractivity contribution in [1.82, 2.24) is 24.2 Å². The zero-order valence-electron chi connectivity index (χ0n) is 12.6. The molecule has 0 aromatic carbocycles. The van der Waals surface area contributed by atoms with Gasteiger partial charge in [0.15, 0.2) is 17.0 Å². The van der Waals surface area contributed by atoms with E-state index in [-0.39, 0.29) is 17.4 Å². The molecule has 1 saturated carbocycles. The Morgan fingerprint density at radius 1 is 1.39 bits per heavy atom. The first-order chi connectivity index (χ1) is 10.8. The Morgan fingerprint density at radius 3 is 2.74 bits per heavy atom.